The molecule has 0 atom stereocenters. The van der Waals surface area contributed by atoms with E-state index in [0.717, 1.165) is 12.1 Å². The van der Waals surface area contributed by atoms with Crippen LogP contribution < -0.4 is 21.2 Å². The fourth-order valence-corrected chi connectivity index (χ4v) is 2.25. The maximum absolute atomic E-state index is 12.6. The molecule has 0 saturated heterocycles. The fraction of sp³-hybridized carbons (Fsp3) is 0.118. The Morgan fingerprint density at radius 3 is 2.36 bits per heavy atom. The number of ether oxygens (including phenoxy) is 1. The standard InChI is InChI=1S/C17H13F3N2O3/c1-24-12-6-7-15-13(8-12)14(9-16(23)25-15)22-21-11-4-2-10(3-5-11)17(18,19)20/h2-9,21-22H,1H3. The largest absolute Gasteiger partial charge is 0.497 e. The Balaban J connectivity index is 1.86. The highest BCUT2D eigenvalue weighted by atomic mass is 19.4. The van der Waals surface area contributed by atoms with Gasteiger partial charge in [-0.2, -0.15) is 13.2 Å². The molecule has 8 heteroatoms. The lowest BCUT2D eigenvalue weighted by molar-refractivity contribution is -0.137. The number of hydrogen-bond acceptors (Lipinski definition) is 5. The van der Waals surface area contributed by atoms with E-state index >= 15 is 0 Å². The summed E-state index contributed by atoms with van der Waals surface area (Å²) in [7, 11) is 1.51. The lowest BCUT2D eigenvalue weighted by Crippen LogP contribution is -2.12. The zero-order valence-electron chi connectivity index (χ0n) is 13.0. The first-order valence-corrected chi connectivity index (χ1v) is 7.18. The quantitative estimate of drug-likeness (QED) is 0.544. The molecule has 5 nitrogen and oxygen atoms in total. The molecule has 0 aliphatic rings. The lowest BCUT2D eigenvalue weighted by Gasteiger charge is -2.13. The van der Waals surface area contributed by atoms with Crippen molar-refractivity contribution in [1.29, 1.82) is 0 Å². The molecular weight excluding hydrogens is 337 g/mol. The van der Waals surface area contributed by atoms with Crippen LogP contribution >= 0.6 is 0 Å². The molecular formula is C17H13F3N2O3. The van der Waals surface area contributed by atoms with Gasteiger partial charge in [0.2, 0.25) is 0 Å². The second kappa shape index (κ2) is 6.39. The van der Waals surface area contributed by atoms with Crippen molar-refractivity contribution in [2.24, 2.45) is 0 Å². The van der Waals surface area contributed by atoms with Gasteiger partial charge in [0, 0.05) is 11.5 Å². The molecule has 25 heavy (non-hydrogen) atoms. The minimum atomic E-state index is -4.39. The summed E-state index contributed by atoms with van der Waals surface area (Å²) in [4.78, 5) is 11.6. The number of halogens is 3. The number of hydrogen-bond donors (Lipinski definition) is 2. The molecule has 0 aliphatic carbocycles. The fourth-order valence-electron chi connectivity index (χ4n) is 2.25. The van der Waals surface area contributed by atoms with Crippen LogP contribution in [0.1, 0.15) is 5.56 Å². The summed E-state index contributed by atoms with van der Waals surface area (Å²) >= 11 is 0. The average molecular weight is 350 g/mol. The molecule has 1 aromatic heterocycles. The maximum atomic E-state index is 12.6. The maximum Gasteiger partial charge on any atom is 0.416 e. The van der Waals surface area contributed by atoms with Crippen LogP contribution in [-0.4, -0.2) is 7.11 Å². The average Bonchev–Trinajstić information content (AvgIpc) is 2.58. The summed E-state index contributed by atoms with van der Waals surface area (Å²) in [5.41, 5.74) is 5.42. The molecule has 1 heterocycles. The first kappa shape index (κ1) is 16.7. The number of fused-ring (bicyclic) bond motifs is 1. The van der Waals surface area contributed by atoms with Crippen LogP contribution in [-0.2, 0) is 6.18 Å². The Bertz CT molecular complexity index is 950. The number of rotatable bonds is 4. The van der Waals surface area contributed by atoms with E-state index in [4.69, 9.17) is 9.15 Å². The minimum absolute atomic E-state index is 0.352. The SMILES string of the molecule is COc1ccc2oc(=O)cc(NNc3ccc(C(F)(F)F)cc3)c2c1. The Hall–Kier alpha value is -3.16. The molecule has 0 saturated carbocycles. The van der Waals surface area contributed by atoms with E-state index in [0.29, 0.717) is 28.1 Å². The van der Waals surface area contributed by atoms with Crippen LogP contribution in [0.2, 0.25) is 0 Å². The molecule has 0 radical (unpaired) electrons. The summed E-state index contributed by atoms with van der Waals surface area (Å²) in [6.45, 7) is 0. The van der Waals surface area contributed by atoms with Gasteiger partial charge in [-0.05, 0) is 42.5 Å². The Kier molecular flexibility index (Phi) is 4.26. The molecule has 0 spiro atoms. The summed E-state index contributed by atoms with van der Waals surface area (Å²) in [6, 6.07) is 10.6. The Morgan fingerprint density at radius 1 is 1.00 bits per heavy atom. The first-order chi connectivity index (χ1) is 11.9. The predicted molar refractivity (Wildman–Crippen MR) is 87.7 cm³/mol. The number of alkyl halides is 3. The summed E-state index contributed by atoms with van der Waals surface area (Å²) < 4.78 is 47.9. The number of benzene rings is 2. The zero-order chi connectivity index (χ0) is 18.0. The third-order valence-corrected chi connectivity index (χ3v) is 3.50. The van der Waals surface area contributed by atoms with E-state index in [2.05, 4.69) is 10.9 Å². The molecule has 0 aliphatic heterocycles. The van der Waals surface area contributed by atoms with Crippen LogP contribution in [0.25, 0.3) is 11.0 Å². The van der Waals surface area contributed by atoms with E-state index in [9.17, 15) is 18.0 Å². The highest BCUT2D eigenvalue weighted by molar-refractivity contribution is 5.91. The second-order valence-corrected chi connectivity index (χ2v) is 5.17. The Labute approximate surface area is 140 Å². The van der Waals surface area contributed by atoms with Crippen molar-refractivity contribution in [3.05, 3.63) is 64.5 Å². The molecule has 3 aromatic rings. The van der Waals surface area contributed by atoms with Gasteiger partial charge in [0.05, 0.1) is 24.0 Å². The molecule has 0 fully saturated rings. The van der Waals surface area contributed by atoms with E-state index < -0.39 is 17.4 Å². The van der Waals surface area contributed by atoms with Crippen LogP contribution in [0.3, 0.4) is 0 Å². The van der Waals surface area contributed by atoms with Gasteiger partial charge in [0.25, 0.3) is 0 Å². The van der Waals surface area contributed by atoms with Crippen LogP contribution in [0.5, 0.6) is 5.75 Å². The summed E-state index contributed by atoms with van der Waals surface area (Å²) in [5.74, 6) is 0.568. The van der Waals surface area contributed by atoms with E-state index in [1.54, 1.807) is 18.2 Å². The van der Waals surface area contributed by atoms with Crippen molar-refractivity contribution >= 4 is 22.3 Å². The highest BCUT2D eigenvalue weighted by Crippen LogP contribution is 2.30. The smallest absolute Gasteiger partial charge is 0.416 e. The van der Waals surface area contributed by atoms with Crippen molar-refractivity contribution in [2.75, 3.05) is 18.0 Å². The summed E-state index contributed by atoms with van der Waals surface area (Å²) in [6.07, 6.45) is -4.39. The summed E-state index contributed by atoms with van der Waals surface area (Å²) in [5, 5.41) is 0.582. The van der Waals surface area contributed by atoms with E-state index in [-0.39, 0.29) is 0 Å². The van der Waals surface area contributed by atoms with Gasteiger partial charge in [0.1, 0.15) is 11.3 Å². The number of methoxy groups -OCH3 is 1. The van der Waals surface area contributed by atoms with Gasteiger partial charge < -0.3 is 14.6 Å². The molecule has 2 aromatic carbocycles. The van der Waals surface area contributed by atoms with Gasteiger partial charge in [-0.1, -0.05) is 0 Å². The van der Waals surface area contributed by atoms with Gasteiger partial charge in [-0.3, -0.25) is 5.43 Å². The predicted octanol–water partition coefficient (Wildman–Crippen LogP) is 4.26. The van der Waals surface area contributed by atoms with Gasteiger partial charge in [0.15, 0.2) is 0 Å². The van der Waals surface area contributed by atoms with E-state index in [1.165, 1.54) is 25.3 Å². The van der Waals surface area contributed by atoms with Crippen molar-refractivity contribution in [2.45, 2.75) is 6.18 Å². The van der Waals surface area contributed by atoms with Gasteiger partial charge in [-0.15, -0.1) is 0 Å². The third kappa shape index (κ3) is 3.68. The normalized spacial score (nSPS) is 11.4. The van der Waals surface area contributed by atoms with Crippen molar-refractivity contribution in [3.63, 3.8) is 0 Å². The lowest BCUT2D eigenvalue weighted by atomic mass is 10.2. The van der Waals surface area contributed by atoms with E-state index in [1.807, 2.05) is 0 Å². The van der Waals surface area contributed by atoms with Gasteiger partial charge >= 0.3 is 11.8 Å². The monoisotopic (exact) mass is 350 g/mol. The second-order valence-electron chi connectivity index (χ2n) is 5.17. The molecule has 2 N–H and O–H groups in total. The van der Waals surface area contributed by atoms with Crippen LogP contribution in [0.15, 0.2) is 57.7 Å². The van der Waals surface area contributed by atoms with Crippen molar-refractivity contribution in [1.82, 2.24) is 0 Å². The van der Waals surface area contributed by atoms with Crippen LogP contribution in [0, 0.1) is 0 Å². The van der Waals surface area contributed by atoms with Crippen molar-refractivity contribution < 1.29 is 22.3 Å². The van der Waals surface area contributed by atoms with Crippen LogP contribution in [0.4, 0.5) is 24.5 Å². The Morgan fingerprint density at radius 2 is 1.72 bits per heavy atom. The topological polar surface area (TPSA) is 63.5 Å². The number of nitrogens with one attached hydrogen (secondary N) is 2. The molecule has 0 bridgehead atoms. The zero-order valence-corrected chi connectivity index (χ0v) is 13.0. The third-order valence-electron chi connectivity index (χ3n) is 3.50. The number of hydrazine groups is 1. The molecule has 0 amide bonds. The van der Waals surface area contributed by atoms with Gasteiger partial charge in [-0.25, -0.2) is 4.79 Å². The minimum Gasteiger partial charge on any atom is -0.497 e. The highest BCUT2D eigenvalue weighted by Gasteiger charge is 2.29. The first-order valence-electron chi connectivity index (χ1n) is 7.18. The molecule has 130 valence electrons. The molecule has 3 rings (SSSR count). The molecule has 0 unspecified atom stereocenters. The number of anilines is 2. The van der Waals surface area contributed by atoms with Crippen molar-refractivity contribution in [3.8, 4) is 5.75 Å².